The van der Waals surface area contributed by atoms with Crippen molar-refractivity contribution >= 4 is 0 Å². The van der Waals surface area contributed by atoms with Gasteiger partial charge in [0.2, 0.25) is 0 Å². The van der Waals surface area contributed by atoms with Crippen molar-refractivity contribution in [2.24, 2.45) is 5.73 Å². The highest BCUT2D eigenvalue weighted by Gasteiger charge is 2.00. The largest absolute Gasteiger partial charge is 0.490 e. The SMILES string of the molecule is C[C@@H](N)c1ccc(OCCO)cn1. The molecule has 13 heavy (non-hydrogen) atoms. The van der Waals surface area contributed by atoms with Gasteiger partial charge in [-0.3, -0.25) is 4.98 Å². The first kappa shape index (κ1) is 9.95. The van der Waals surface area contributed by atoms with Crippen LogP contribution >= 0.6 is 0 Å². The molecule has 72 valence electrons. The van der Waals surface area contributed by atoms with E-state index in [1.54, 1.807) is 12.3 Å². The van der Waals surface area contributed by atoms with E-state index in [2.05, 4.69) is 4.98 Å². The van der Waals surface area contributed by atoms with Gasteiger partial charge in [-0.05, 0) is 19.1 Å². The summed E-state index contributed by atoms with van der Waals surface area (Å²) >= 11 is 0. The Hall–Kier alpha value is -1.13. The number of hydrogen-bond donors (Lipinski definition) is 2. The van der Waals surface area contributed by atoms with E-state index in [1.165, 1.54) is 0 Å². The number of ether oxygens (including phenoxy) is 1. The summed E-state index contributed by atoms with van der Waals surface area (Å²) in [5.74, 6) is 0.651. The summed E-state index contributed by atoms with van der Waals surface area (Å²) in [5.41, 5.74) is 6.45. The molecule has 1 aromatic rings. The second-order valence-corrected chi connectivity index (χ2v) is 2.78. The number of nitrogens with zero attached hydrogens (tertiary/aromatic N) is 1. The molecule has 1 aromatic heterocycles. The van der Waals surface area contributed by atoms with Gasteiger partial charge < -0.3 is 15.6 Å². The van der Waals surface area contributed by atoms with Gasteiger partial charge in [0.05, 0.1) is 18.5 Å². The van der Waals surface area contributed by atoms with Crippen LogP contribution in [-0.4, -0.2) is 23.3 Å². The molecule has 0 aliphatic heterocycles. The summed E-state index contributed by atoms with van der Waals surface area (Å²) in [7, 11) is 0. The number of pyridine rings is 1. The topological polar surface area (TPSA) is 68.4 Å². The second-order valence-electron chi connectivity index (χ2n) is 2.78. The lowest BCUT2D eigenvalue weighted by Gasteiger charge is -2.06. The summed E-state index contributed by atoms with van der Waals surface area (Å²) in [5, 5.41) is 8.50. The molecule has 0 radical (unpaired) electrons. The van der Waals surface area contributed by atoms with Crippen LogP contribution in [0.1, 0.15) is 18.7 Å². The quantitative estimate of drug-likeness (QED) is 0.710. The van der Waals surface area contributed by atoms with Gasteiger partial charge in [-0.25, -0.2) is 0 Å². The van der Waals surface area contributed by atoms with Crippen molar-refractivity contribution in [3.63, 3.8) is 0 Å². The van der Waals surface area contributed by atoms with Gasteiger partial charge in [0.15, 0.2) is 0 Å². The van der Waals surface area contributed by atoms with Crippen LogP contribution in [0.3, 0.4) is 0 Å². The van der Waals surface area contributed by atoms with Gasteiger partial charge in [0.1, 0.15) is 12.4 Å². The van der Waals surface area contributed by atoms with Gasteiger partial charge in [0.25, 0.3) is 0 Å². The van der Waals surface area contributed by atoms with Crippen LogP contribution in [0.5, 0.6) is 5.75 Å². The van der Waals surface area contributed by atoms with E-state index >= 15 is 0 Å². The zero-order valence-corrected chi connectivity index (χ0v) is 7.60. The second kappa shape index (κ2) is 4.79. The van der Waals surface area contributed by atoms with Crippen molar-refractivity contribution in [3.05, 3.63) is 24.0 Å². The average Bonchev–Trinajstić information content (AvgIpc) is 2.15. The van der Waals surface area contributed by atoms with Gasteiger partial charge in [-0.2, -0.15) is 0 Å². The molecule has 0 saturated heterocycles. The molecule has 0 saturated carbocycles. The summed E-state index contributed by atoms with van der Waals surface area (Å²) < 4.78 is 5.14. The molecule has 0 unspecified atom stereocenters. The van der Waals surface area contributed by atoms with E-state index in [4.69, 9.17) is 15.6 Å². The smallest absolute Gasteiger partial charge is 0.137 e. The number of aliphatic hydroxyl groups excluding tert-OH is 1. The molecular weight excluding hydrogens is 168 g/mol. The van der Waals surface area contributed by atoms with Crippen LogP contribution in [0, 0.1) is 0 Å². The minimum Gasteiger partial charge on any atom is -0.490 e. The summed E-state index contributed by atoms with van der Waals surface area (Å²) in [6.45, 7) is 2.17. The van der Waals surface area contributed by atoms with Crippen LogP contribution in [0.4, 0.5) is 0 Å². The zero-order chi connectivity index (χ0) is 9.68. The van der Waals surface area contributed by atoms with Crippen LogP contribution in [0.2, 0.25) is 0 Å². The molecule has 3 N–H and O–H groups in total. The lowest BCUT2D eigenvalue weighted by Crippen LogP contribution is -2.07. The number of aliphatic hydroxyl groups is 1. The molecule has 1 atom stereocenters. The van der Waals surface area contributed by atoms with E-state index in [1.807, 2.05) is 13.0 Å². The molecule has 0 amide bonds. The lowest BCUT2D eigenvalue weighted by molar-refractivity contribution is 0.201. The molecule has 0 aromatic carbocycles. The maximum absolute atomic E-state index is 8.50. The van der Waals surface area contributed by atoms with Crippen LogP contribution in [0.15, 0.2) is 18.3 Å². The number of rotatable bonds is 4. The number of nitrogens with two attached hydrogens (primary N) is 1. The fraction of sp³-hybridized carbons (Fsp3) is 0.444. The summed E-state index contributed by atoms with van der Waals surface area (Å²) in [6, 6.07) is 3.55. The fourth-order valence-corrected chi connectivity index (χ4v) is 0.910. The standard InChI is InChI=1S/C9H14N2O2/c1-7(10)9-3-2-8(6-11-9)13-5-4-12/h2-3,6-7,12H,4-5,10H2,1H3/t7-/m1/s1. The Balaban J connectivity index is 2.59. The normalized spacial score (nSPS) is 12.5. The van der Waals surface area contributed by atoms with E-state index in [0.29, 0.717) is 12.4 Å². The first-order valence-corrected chi connectivity index (χ1v) is 4.19. The fourth-order valence-electron chi connectivity index (χ4n) is 0.910. The van der Waals surface area contributed by atoms with E-state index in [-0.39, 0.29) is 12.6 Å². The molecule has 0 bridgehead atoms. The Morgan fingerprint density at radius 1 is 1.62 bits per heavy atom. The molecule has 0 spiro atoms. The molecule has 0 aliphatic rings. The van der Waals surface area contributed by atoms with Gasteiger partial charge >= 0.3 is 0 Å². The first-order chi connectivity index (χ1) is 6.24. The zero-order valence-electron chi connectivity index (χ0n) is 7.60. The first-order valence-electron chi connectivity index (χ1n) is 4.19. The summed E-state index contributed by atoms with van der Waals surface area (Å²) in [6.07, 6.45) is 1.61. The Labute approximate surface area is 77.4 Å². The number of hydrogen-bond acceptors (Lipinski definition) is 4. The Morgan fingerprint density at radius 2 is 2.38 bits per heavy atom. The van der Waals surface area contributed by atoms with Crippen molar-refractivity contribution in [1.82, 2.24) is 4.98 Å². The molecule has 4 heteroatoms. The highest BCUT2D eigenvalue weighted by Crippen LogP contribution is 2.12. The van der Waals surface area contributed by atoms with E-state index in [9.17, 15) is 0 Å². The van der Waals surface area contributed by atoms with Gasteiger partial charge in [-0.1, -0.05) is 0 Å². The van der Waals surface area contributed by atoms with Crippen molar-refractivity contribution in [3.8, 4) is 5.75 Å². The van der Waals surface area contributed by atoms with Crippen LogP contribution in [0.25, 0.3) is 0 Å². The Morgan fingerprint density at radius 3 is 2.85 bits per heavy atom. The molecule has 0 fully saturated rings. The average molecular weight is 182 g/mol. The van der Waals surface area contributed by atoms with Crippen LogP contribution in [-0.2, 0) is 0 Å². The van der Waals surface area contributed by atoms with Crippen molar-refractivity contribution < 1.29 is 9.84 Å². The van der Waals surface area contributed by atoms with Crippen molar-refractivity contribution in [2.45, 2.75) is 13.0 Å². The predicted molar refractivity (Wildman–Crippen MR) is 49.4 cm³/mol. The van der Waals surface area contributed by atoms with Gasteiger partial charge in [-0.15, -0.1) is 0 Å². The Bertz CT molecular complexity index is 246. The molecule has 4 nitrogen and oxygen atoms in total. The number of aromatic nitrogens is 1. The van der Waals surface area contributed by atoms with E-state index < -0.39 is 0 Å². The van der Waals surface area contributed by atoms with Crippen molar-refractivity contribution in [1.29, 1.82) is 0 Å². The third-order valence-electron chi connectivity index (χ3n) is 1.59. The summed E-state index contributed by atoms with van der Waals surface area (Å²) in [4.78, 5) is 4.10. The maximum atomic E-state index is 8.50. The monoisotopic (exact) mass is 182 g/mol. The minimum atomic E-state index is -0.0631. The molecule has 0 aliphatic carbocycles. The lowest BCUT2D eigenvalue weighted by atomic mass is 10.2. The highest BCUT2D eigenvalue weighted by molar-refractivity contribution is 5.20. The van der Waals surface area contributed by atoms with E-state index in [0.717, 1.165) is 5.69 Å². The maximum Gasteiger partial charge on any atom is 0.137 e. The van der Waals surface area contributed by atoms with Gasteiger partial charge in [0, 0.05) is 6.04 Å². The third-order valence-corrected chi connectivity index (χ3v) is 1.59. The highest BCUT2D eigenvalue weighted by atomic mass is 16.5. The minimum absolute atomic E-state index is 0.00897. The molecular formula is C9H14N2O2. The molecule has 1 rings (SSSR count). The molecule has 1 heterocycles. The Kier molecular flexibility index (Phi) is 3.67. The third kappa shape index (κ3) is 3.01. The van der Waals surface area contributed by atoms with Crippen molar-refractivity contribution in [2.75, 3.05) is 13.2 Å². The predicted octanol–water partition coefficient (Wildman–Crippen LogP) is 0.472. The van der Waals surface area contributed by atoms with Crippen LogP contribution < -0.4 is 10.5 Å².